The van der Waals surface area contributed by atoms with Crippen molar-refractivity contribution in [2.45, 2.75) is 38.1 Å². The van der Waals surface area contributed by atoms with Gasteiger partial charge in [0.15, 0.2) is 0 Å². The molecule has 4 heteroatoms. The van der Waals surface area contributed by atoms with E-state index in [1.165, 1.54) is 31.5 Å². The zero-order valence-corrected chi connectivity index (χ0v) is 13.0. The van der Waals surface area contributed by atoms with E-state index in [1.807, 2.05) is 4.90 Å². The number of para-hydroxylation sites is 1. The van der Waals surface area contributed by atoms with Gasteiger partial charge in [-0.05, 0) is 62.7 Å². The van der Waals surface area contributed by atoms with Crippen LogP contribution in [0.15, 0.2) is 18.2 Å². The van der Waals surface area contributed by atoms with Crippen molar-refractivity contribution in [2.75, 3.05) is 31.1 Å². The van der Waals surface area contributed by atoms with Crippen molar-refractivity contribution in [1.29, 1.82) is 0 Å². The van der Waals surface area contributed by atoms with Crippen molar-refractivity contribution >= 4 is 12.1 Å². The summed E-state index contributed by atoms with van der Waals surface area (Å²) in [5, 5.41) is 0. The molecule has 1 aromatic carbocycles. The van der Waals surface area contributed by atoms with Crippen LogP contribution >= 0.6 is 0 Å². The number of piperidine rings is 3. The van der Waals surface area contributed by atoms with Gasteiger partial charge in [0.25, 0.3) is 0 Å². The maximum Gasteiger partial charge on any atom is 0.214 e. The van der Waals surface area contributed by atoms with E-state index in [0.717, 1.165) is 50.3 Å². The Kier molecular flexibility index (Phi) is 3.78. The summed E-state index contributed by atoms with van der Waals surface area (Å²) >= 11 is 0. The number of amides is 1. The fourth-order valence-corrected chi connectivity index (χ4v) is 4.29. The van der Waals surface area contributed by atoms with Crippen LogP contribution in [0.25, 0.3) is 0 Å². The highest BCUT2D eigenvalue weighted by molar-refractivity contribution is 5.81. The van der Waals surface area contributed by atoms with Crippen molar-refractivity contribution in [1.82, 2.24) is 4.90 Å². The SMILES string of the molecule is O=CN(c1cccc2c1OCCCC2)C1CN2CCC1CC2. The summed E-state index contributed by atoms with van der Waals surface area (Å²) in [6.45, 7) is 4.15. The molecule has 4 nitrogen and oxygen atoms in total. The Hall–Kier alpha value is -1.55. The van der Waals surface area contributed by atoms with Crippen LogP contribution in [0.2, 0.25) is 0 Å². The smallest absolute Gasteiger partial charge is 0.214 e. The summed E-state index contributed by atoms with van der Waals surface area (Å²) in [5.74, 6) is 1.58. The Bertz CT molecular complexity index is 552. The molecule has 1 unspecified atom stereocenters. The van der Waals surface area contributed by atoms with E-state index in [1.54, 1.807) is 0 Å². The van der Waals surface area contributed by atoms with Crippen LogP contribution in [-0.4, -0.2) is 43.6 Å². The Labute approximate surface area is 132 Å². The molecule has 0 spiro atoms. The third-order valence-corrected chi connectivity index (χ3v) is 5.53. The first-order valence-electron chi connectivity index (χ1n) is 8.57. The van der Waals surface area contributed by atoms with Gasteiger partial charge >= 0.3 is 0 Å². The predicted octanol–water partition coefficient (Wildman–Crippen LogP) is 2.46. The molecule has 3 fully saturated rings. The Balaban J connectivity index is 1.68. The number of ether oxygens (including phenoxy) is 1. The lowest BCUT2D eigenvalue weighted by Gasteiger charge is -2.48. The normalized spacial score (nSPS) is 30.1. The van der Waals surface area contributed by atoms with Gasteiger partial charge in [-0.1, -0.05) is 12.1 Å². The van der Waals surface area contributed by atoms with Crippen LogP contribution in [0.5, 0.6) is 5.75 Å². The van der Waals surface area contributed by atoms with E-state index in [2.05, 4.69) is 23.1 Å². The van der Waals surface area contributed by atoms with Gasteiger partial charge in [-0.2, -0.15) is 0 Å². The van der Waals surface area contributed by atoms with Gasteiger partial charge in [0, 0.05) is 6.54 Å². The molecule has 1 atom stereocenters. The van der Waals surface area contributed by atoms with Crippen molar-refractivity contribution < 1.29 is 9.53 Å². The second-order valence-corrected chi connectivity index (χ2v) is 6.79. The lowest BCUT2D eigenvalue weighted by molar-refractivity contribution is -0.108. The highest BCUT2D eigenvalue weighted by Gasteiger charge is 2.38. The molecule has 3 saturated heterocycles. The lowest BCUT2D eigenvalue weighted by Crippen LogP contribution is -2.57. The number of carbonyl (C=O) groups excluding carboxylic acids is 1. The number of rotatable bonds is 3. The molecule has 0 aliphatic carbocycles. The molecule has 1 amide bonds. The monoisotopic (exact) mass is 300 g/mol. The van der Waals surface area contributed by atoms with Crippen molar-refractivity contribution in [2.24, 2.45) is 5.92 Å². The van der Waals surface area contributed by atoms with E-state index in [4.69, 9.17) is 4.74 Å². The maximum absolute atomic E-state index is 11.9. The molecule has 0 saturated carbocycles. The highest BCUT2D eigenvalue weighted by Crippen LogP contribution is 2.39. The van der Waals surface area contributed by atoms with Crippen LogP contribution < -0.4 is 9.64 Å². The number of fused-ring (bicyclic) bond motifs is 4. The molecule has 22 heavy (non-hydrogen) atoms. The third-order valence-electron chi connectivity index (χ3n) is 5.53. The van der Waals surface area contributed by atoms with E-state index in [-0.39, 0.29) is 0 Å². The molecule has 5 rings (SSSR count). The fourth-order valence-electron chi connectivity index (χ4n) is 4.29. The molecule has 1 aromatic rings. The molecular formula is C18H24N2O2. The zero-order valence-electron chi connectivity index (χ0n) is 13.0. The first-order valence-corrected chi connectivity index (χ1v) is 8.57. The molecule has 2 bridgehead atoms. The number of anilines is 1. The molecule has 0 radical (unpaired) electrons. The molecular weight excluding hydrogens is 276 g/mol. The summed E-state index contributed by atoms with van der Waals surface area (Å²) in [7, 11) is 0. The van der Waals surface area contributed by atoms with Crippen LogP contribution in [-0.2, 0) is 11.2 Å². The first kappa shape index (κ1) is 14.1. The highest BCUT2D eigenvalue weighted by atomic mass is 16.5. The predicted molar refractivity (Wildman–Crippen MR) is 86.4 cm³/mol. The van der Waals surface area contributed by atoms with Gasteiger partial charge in [0.2, 0.25) is 6.41 Å². The summed E-state index contributed by atoms with van der Waals surface area (Å²) in [6, 6.07) is 6.57. The van der Waals surface area contributed by atoms with Gasteiger partial charge in [0.05, 0.1) is 18.3 Å². The topological polar surface area (TPSA) is 32.8 Å². The molecule has 0 aromatic heterocycles. The first-order chi connectivity index (χ1) is 10.9. The minimum Gasteiger partial charge on any atom is -0.491 e. The second-order valence-electron chi connectivity index (χ2n) is 6.79. The number of nitrogens with zero attached hydrogens (tertiary/aromatic N) is 2. The lowest BCUT2D eigenvalue weighted by atomic mass is 9.83. The van der Waals surface area contributed by atoms with E-state index < -0.39 is 0 Å². The minimum atomic E-state index is 0.304. The average molecular weight is 300 g/mol. The van der Waals surface area contributed by atoms with Crippen LogP contribution in [0.1, 0.15) is 31.2 Å². The van der Waals surface area contributed by atoms with Crippen LogP contribution in [0.4, 0.5) is 5.69 Å². The number of aryl methyl sites for hydroxylation is 1. The number of benzene rings is 1. The number of carbonyl (C=O) groups is 1. The van der Waals surface area contributed by atoms with Gasteiger partial charge in [-0.25, -0.2) is 0 Å². The summed E-state index contributed by atoms with van der Waals surface area (Å²) in [6.07, 6.45) is 6.76. The average Bonchev–Trinajstić information content (AvgIpc) is 2.83. The van der Waals surface area contributed by atoms with Gasteiger partial charge in [-0.3, -0.25) is 4.79 Å². The van der Waals surface area contributed by atoms with E-state index in [9.17, 15) is 4.79 Å². The summed E-state index contributed by atoms with van der Waals surface area (Å²) < 4.78 is 6.02. The molecule has 4 aliphatic heterocycles. The quantitative estimate of drug-likeness (QED) is 0.804. The Morgan fingerprint density at radius 1 is 1.23 bits per heavy atom. The van der Waals surface area contributed by atoms with Crippen molar-refractivity contribution in [3.63, 3.8) is 0 Å². The third kappa shape index (κ3) is 2.39. The standard InChI is InChI=1S/C18H24N2O2/c21-13-20(17-12-19-9-7-14(17)8-10-19)16-6-3-5-15-4-1-2-11-22-18(15)16/h3,5-6,13-14,17H,1-2,4,7-12H2. The number of hydrogen-bond donors (Lipinski definition) is 0. The molecule has 0 N–H and O–H groups in total. The molecule has 4 aliphatic rings. The summed E-state index contributed by atoms with van der Waals surface area (Å²) in [4.78, 5) is 16.4. The van der Waals surface area contributed by atoms with Gasteiger partial charge in [0.1, 0.15) is 5.75 Å². The zero-order chi connectivity index (χ0) is 14.9. The second kappa shape index (κ2) is 5.92. The Morgan fingerprint density at radius 2 is 2.09 bits per heavy atom. The number of hydrogen-bond acceptors (Lipinski definition) is 3. The molecule has 4 heterocycles. The van der Waals surface area contributed by atoms with Crippen molar-refractivity contribution in [3.05, 3.63) is 23.8 Å². The fraction of sp³-hybridized carbons (Fsp3) is 0.611. The van der Waals surface area contributed by atoms with Gasteiger partial charge < -0.3 is 14.5 Å². The van der Waals surface area contributed by atoms with E-state index >= 15 is 0 Å². The van der Waals surface area contributed by atoms with E-state index in [0.29, 0.717) is 12.0 Å². The maximum atomic E-state index is 11.9. The molecule has 118 valence electrons. The minimum absolute atomic E-state index is 0.304. The van der Waals surface area contributed by atoms with Crippen LogP contribution in [0.3, 0.4) is 0 Å². The van der Waals surface area contributed by atoms with Gasteiger partial charge in [-0.15, -0.1) is 0 Å². The Morgan fingerprint density at radius 3 is 2.82 bits per heavy atom. The van der Waals surface area contributed by atoms with Crippen LogP contribution in [0, 0.1) is 5.92 Å². The van der Waals surface area contributed by atoms with Crippen molar-refractivity contribution in [3.8, 4) is 5.75 Å². The summed E-state index contributed by atoms with van der Waals surface area (Å²) in [5.41, 5.74) is 2.23. The largest absolute Gasteiger partial charge is 0.491 e.